The standard InChI is InChI=1S/C53H59N9O6.C47H50N8O4.C6H11NO3/c1-32(2)46(59-53(66)67-3)51(64)62-22-8-12-44(62)50-55-41-20-18-38-28-37(17-19-40(38)48(41)58-50)34-13-14-36-29-39(16-15-35(36)27-34)42-30-54-49(56-42)43-11-7-21-61(43)52(65)47(33-9-5-4-6-10-33)57-45(63)31-60-23-25-68-26-24-60;1-27(2)41(53-47(58)59-3)46(57)55-22-8-12-39(55)44-50-36-20-18-33-24-32(17-19-35(33)42(36)52-44)29-13-14-31-25-34(16-15-30(31)23-29)37-26-49-43(51-37)38-11-7-21-54(38)45(56)40(48)28-9-5-4-6-10-28;8-6(9)5-7-1-3-10-4-2-7/h4-6,9-10,13-17,19,27-30,32,43-44,46-47H,7-8,11-12,18,20-26,31H2,1-3H3,(H,54,56)(H,55,58)(H,57,63)(H,59,66);4-6,9-10,13-17,19,23-27,38-41H,7-8,11-12,18,20-22,48H2,1-3H3,(H,49,51)(H,50,52)(H,53,58);1-5H2,(H,8,9)/t43-,44-,46-,47+;38-,39-,40+,41-;/m00./s1. The summed E-state index contributed by atoms with van der Waals surface area (Å²) in [5, 5.41) is 21.4. The van der Waals surface area contributed by atoms with Gasteiger partial charge < -0.3 is 85.3 Å². The molecule has 137 heavy (non-hydrogen) atoms. The van der Waals surface area contributed by atoms with E-state index in [0.29, 0.717) is 65.7 Å². The van der Waals surface area contributed by atoms with Crippen molar-refractivity contribution in [1.82, 2.24) is 85.2 Å². The molecule has 6 aliphatic heterocycles. The molecule has 6 fully saturated rings. The Morgan fingerprint density at radius 3 is 1.21 bits per heavy atom. The van der Waals surface area contributed by atoms with E-state index in [0.717, 1.165) is 225 Å². The van der Waals surface area contributed by atoms with E-state index in [-0.39, 0.29) is 78.6 Å². The number of carbonyl (C=O) groups excluding carboxylic acids is 7. The van der Waals surface area contributed by atoms with Crippen molar-refractivity contribution in [2.45, 2.75) is 153 Å². The summed E-state index contributed by atoms with van der Waals surface area (Å²) >= 11 is 0. The zero-order valence-electron chi connectivity index (χ0n) is 78.4. The van der Waals surface area contributed by atoms with Crippen LogP contribution in [0.3, 0.4) is 0 Å². The number of imidazole rings is 4. The second kappa shape index (κ2) is 41.9. The van der Waals surface area contributed by atoms with Crippen LogP contribution in [0.15, 0.2) is 182 Å². The van der Waals surface area contributed by atoms with Crippen molar-refractivity contribution in [3.05, 3.63) is 239 Å². The predicted octanol–water partition coefficient (Wildman–Crippen LogP) is 14.5. The number of rotatable bonds is 23. The first-order valence-corrected chi connectivity index (χ1v) is 48.1. The predicted molar refractivity (Wildman–Crippen MR) is 520 cm³/mol. The number of likely N-dealkylation sites (tertiary alicyclic amines) is 4. The van der Waals surface area contributed by atoms with Crippen LogP contribution in [-0.2, 0) is 73.4 Å². The number of methoxy groups -OCH3 is 2. The van der Waals surface area contributed by atoms with Gasteiger partial charge >= 0.3 is 18.2 Å². The number of aryl methyl sites for hydroxylation is 4. The zero-order valence-corrected chi connectivity index (χ0v) is 78.4. The van der Waals surface area contributed by atoms with E-state index in [1.165, 1.54) is 25.3 Å². The van der Waals surface area contributed by atoms with Crippen molar-refractivity contribution >= 4 is 69.2 Å². The fraction of sp³-hybridized carbons (Fsp3) is 0.396. The summed E-state index contributed by atoms with van der Waals surface area (Å²) < 4.78 is 20.1. The van der Waals surface area contributed by atoms with Gasteiger partial charge in [0.05, 0.1) is 113 Å². The maximum absolute atomic E-state index is 14.4. The van der Waals surface area contributed by atoms with Crippen LogP contribution in [0.25, 0.3) is 88.8 Å². The highest BCUT2D eigenvalue weighted by atomic mass is 16.5. The molecule has 8 aromatic carbocycles. The third-order valence-electron chi connectivity index (χ3n) is 28.0. The van der Waals surface area contributed by atoms with E-state index in [1.54, 1.807) is 0 Å². The summed E-state index contributed by atoms with van der Waals surface area (Å²) in [6.07, 6.45) is 12.6. The fourth-order valence-corrected chi connectivity index (χ4v) is 20.6. The smallest absolute Gasteiger partial charge is 0.407 e. The van der Waals surface area contributed by atoms with Crippen LogP contribution in [0.2, 0.25) is 0 Å². The number of nitrogens with two attached hydrogens (primary N) is 1. The number of benzene rings is 8. The highest BCUT2D eigenvalue weighted by Gasteiger charge is 2.43. The van der Waals surface area contributed by atoms with Crippen LogP contribution in [-0.4, -0.2) is 240 Å². The van der Waals surface area contributed by atoms with E-state index in [2.05, 4.69) is 150 Å². The van der Waals surface area contributed by atoms with Crippen molar-refractivity contribution in [1.29, 1.82) is 0 Å². The first-order chi connectivity index (χ1) is 66.6. The number of hydrogen-bond acceptors (Lipinski definition) is 19. The lowest BCUT2D eigenvalue weighted by atomic mass is 9.89. The summed E-state index contributed by atoms with van der Waals surface area (Å²) in [5.41, 5.74) is 25.2. The Hall–Kier alpha value is -13.7. The van der Waals surface area contributed by atoms with Crippen molar-refractivity contribution in [2.24, 2.45) is 17.6 Å². The van der Waals surface area contributed by atoms with Crippen molar-refractivity contribution < 1.29 is 62.4 Å². The molecule has 0 spiro atoms. The first-order valence-electron chi connectivity index (χ1n) is 48.1. The number of alkyl carbamates (subject to hydrolysis) is 2. The minimum atomic E-state index is -0.805. The number of carbonyl (C=O) groups is 8. The molecular weight excluding hydrogens is 1730 g/mol. The number of aliphatic carboxylic acids is 1. The second-order valence-corrected chi connectivity index (χ2v) is 37.5. The van der Waals surface area contributed by atoms with E-state index in [1.807, 2.05) is 125 Å². The van der Waals surface area contributed by atoms with Crippen LogP contribution >= 0.6 is 0 Å². The number of nitrogens with one attached hydrogen (secondary N) is 7. The maximum Gasteiger partial charge on any atom is 0.407 e. The molecule has 0 radical (unpaired) electrons. The lowest BCUT2D eigenvalue weighted by Gasteiger charge is -2.30. The number of aromatic nitrogens is 8. The number of fused-ring (bicyclic) bond motifs is 8. The van der Waals surface area contributed by atoms with Gasteiger partial charge in [-0.2, -0.15) is 0 Å². The maximum atomic E-state index is 14.4. The summed E-state index contributed by atoms with van der Waals surface area (Å²) in [4.78, 5) is 148. The molecule has 12 aromatic rings. The summed E-state index contributed by atoms with van der Waals surface area (Å²) in [6.45, 7) is 15.9. The molecule has 0 unspecified atom stereocenters. The number of hydrogen-bond donors (Lipinski definition) is 9. The van der Waals surface area contributed by atoms with Gasteiger partial charge in [-0.05, 0) is 179 Å². The molecule has 712 valence electrons. The van der Waals surface area contributed by atoms with Gasteiger partial charge in [0.1, 0.15) is 47.5 Å². The van der Waals surface area contributed by atoms with Crippen LogP contribution in [0, 0.1) is 11.8 Å². The molecule has 20 rings (SSSR count). The highest BCUT2D eigenvalue weighted by molar-refractivity contribution is 5.95. The molecule has 31 nitrogen and oxygen atoms in total. The van der Waals surface area contributed by atoms with Crippen LogP contribution in [0.5, 0.6) is 0 Å². The number of nitrogens with zero attached hydrogens (tertiary/aromatic N) is 10. The van der Waals surface area contributed by atoms with Crippen molar-refractivity contribution in [2.75, 3.05) is 106 Å². The van der Waals surface area contributed by atoms with Gasteiger partial charge in [0, 0.05) is 86.0 Å². The number of amides is 7. The molecule has 0 bridgehead atoms. The molecule has 31 heteroatoms. The molecule has 10 N–H and O–H groups in total. The molecule has 10 heterocycles. The SMILES string of the molecule is COC(=O)N[C@H](C(=O)N1CCC[C@H]1c1nc2c([nH]1)CCc1cc(-c3ccc4cc(-c5cnc([C@@H]6CCCN6C(=O)[C@H](N)c6ccccc6)[nH]5)ccc4c3)ccc1-2)C(C)C.COC(=O)N[C@H](C(=O)N1CCC[C@H]1c1nc2c([nH]1)CCc1cc(-c3ccc4cc(-c5cnc([C@@H]6CCCN6C(=O)[C@H](NC(=O)CN6CCOCC6)c6ccccc6)[nH]5)ccc4c3)ccc1-2)C(C)C.O=C(O)CN1CCOCC1. The summed E-state index contributed by atoms with van der Waals surface area (Å²) in [7, 11) is 2.61. The number of ether oxygens (including phenoxy) is 4. The average Bonchev–Trinajstić information content (AvgIpc) is 1.68. The summed E-state index contributed by atoms with van der Waals surface area (Å²) in [6, 6.07) is 54.7. The third kappa shape index (κ3) is 20.7. The first kappa shape index (κ1) is 93.7. The molecule has 0 saturated carbocycles. The molecule has 7 amide bonds. The van der Waals surface area contributed by atoms with Gasteiger partial charge in [-0.1, -0.05) is 173 Å². The van der Waals surface area contributed by atoms with Crippen LogP contribution in [0.4, 0.5) is 9.59 Å². The minimum Gasteiger partial charge on any atom is -0.480 e. The molecule has 6 saturated heterocycles. The Labute approximate surface area is 795 Å². The van der Waals surface area contributed by atoms with Gasteiger partial charge in [0.25, 0.3) is 0 Å². The summed E-state index contributed by atoms with van der Waals surface area (Å²) in [5.74, 6) is 1.53. The normalized spacial score (nSPS) is 19.0. The van der Waals surface area contributed by atoms with E-state index in [4.69, 9.17) is 49.7 Å². The zero-order chi connectivity index (χ0) is 95.1. The number of aromatic amines is 4. The lowest BCUT2D eigenvalue weighted by molar-refractivity contribution is -0.139. The molecule has 4 aromatic heterocycles. The van der Waals surface area contributed by atoms with Gasteiger partial charge in [-0.3, -0.25) is 38.6 Å². The van der Waals surface area contributed by atoms with Gasteiger partial charge in [0.2, 0.25) is 29.5 Å². The van der Waals surface area contributed by atoms with Gasteiger partial charge in [-0.25, -0.2) is 29.5 Å². The Kier molecular flexibility index (Phi) is 28.6. The Morgan fingerprint density at radius 1 is 0.423 bits per heavy atom. The number of carboxylic acid groups (broad SMARTS) is 1. The average molecular weight is 1850 g/mol. The Balaban J connectivity index is 0.000000166. The van der Waals surface area contributed by atoms with E-state index >= 15 is 0 Å². The lowest BCUT2D eigenvalue weighted by Crippen LogP contribution is -2.51. The fourth-order valence-electron chi connectivity index (χ4n) is 20.6. The van der Waals surface area contributed by atoms with Crippen LogP contribution < -0.4 is 21.7 Å². The largest absolute Gasteiger partial charge is 0.480 e. The number of H-pyrrole nitrogens is 4. The van der Waals surface area contributed by atoms with Crippen molar-refractivity contribution in [3.63, 3.8) is 0 Å². The molecule has 8 aliphatic rings. The molecule has 2 aliphatic carbocycles. The minimum absolute atomic E-state index is 0.0778. The molecule has 8 atom stereocenters. The number of morpholine rings is 2. The van der Waals surface area contributed by atoms with Gasteiger partial charge in [0.15, 0.2) is 0 Å². The highest BCUT2D eigenvalue weighted by Crippen LogP contribution is 2.44. The van der Waals surface area contributed by atoms with Crippen molar-refractivity contribution in [3.8, 4) is 67.3 Å². The molecular formula is C106H120N18O13. The topological polar surface area (TPSA) is 390 Å². The Morgan fingerprint density at radius 2 is 0.796 bits per heavy atom. The van der Waals surface area contributed by atoms with Gasteiger partial charge in [-0.15, -0.1) is 0 Å². The third-order valence-corrected chi connectivity index (χ3v) is 28.0. The second-order valence-electron chi connectivity index (χ2n) is 37.5. The monoisotopic (exact) mass is 1850 g/mol. The van der Waals surface area contributed by atoms with E-state index < -0.39 is 42.3 Å². The Bertz CT molecular complexity index is 6410. The van der Waals surface area contributed by atoms with Crippen LogP contribution in [0.1, 0.15) is 172 Å². The number of carboxylic acids is 1. The van der Waals surface area contributed by atoms with E-state index in [9.17, 15) is 38.4 Å². The quantitative estimate of drug-likeness (QED) is 0.0287.